The third-order valence-electron chi connectivity index (χ3n) is 25.6. The Hall–Kier alpha value is -1.68. The van der Waals surface area contributed by atoms with Crippen molar-refractivity contribution in [2.45, 2.75) is 422 Å². The van der Waals surface area contributed by atoms with E-state index in [4.69, 9.17) is 0 Å². The quantitative estimate of drug-likeness (QED) is 0.230. The Morgan fingerprint density at radius 2 is 0.704 bits per heavy atom. The maximum atomic E-state index is 13.0. The summed E-state index contributed by atoms with van der Waals surface area (Å²) in [6.45, 7) is 53.4. The van der Waals surface area contributed by atoms with Crippen molar-refractivity contribution >= 4 is 0 Å². The van der Waals surface area contributed by atoms with Gasteiger partial charge in [-0.25, -0.2) is 0 Å². The maximum absolute atomic E-state index is 13.0. The Morgan fingerprint density at radius 3 is 0.944 bits per heavy atom. The standard InChI is InChI=1S/C14H20F6.C10H18.2C9H12F6.C9H15F3.C8H13F3.2C7H16.C6H14.C5H12/c1-10-2-4-11(5-3-10)6-8-12(9-7-11,13(15,16)17)14(18,19)20;1-8-7-9-3-5-10(8,2)6-4-9;1-6-2-4-7(5-3-6,8(10,11)12)9(13,14)15;1-6-4-2-3-5-7(6,8(10,11)12)9(13,14)15;1-6-4-3-5-8(7(6)2)9(10,11)12;1-6-2-4-7(5-3-6)8(9,10)11;1-6(2)7(3,4)5;1-5-6-7(2,3)4;1-5-6(2,3)4;1-5(2,3)4/h10H,2-9H2,1H3;8-9H,3-7H2,1-2H3;2*6H,2-5H2,1H3;6-8H,3-5H2,1-2H3;6-7H,2-5H2,1H3;6H,1-5H3;5-6H2,1-4H3;5H2,1-4H3;1-4H3/t;8-,9?,10?;;6-;6?,7-,8?;;;;;/m.0.11...../s1. The first-order valence-electron chi connectivity index (χ1n) is 40.5. The number of fused-ring (bicyclic) bond motifs is 3. The van der Waals surface area contributed by atoms with Crippen LogP contribution in [-0.2, 0) is 0 Å². The van der Waals surface area contributed by atoms with Gasteiger partial charge in [0.1, 0.15) is 0 Å². The average molecular weight is 1610 g/mol. The van der Waals surface area contributed by atoms with E-state index < -0.39 is 116 Å². The van der Waals surface area contributed by atoms with E-state index in [1.807, 2.05) is 13.8 Å². The van der Waals surface area contributed by atoms with Gasteiger partial charge in [0.25, 0.3) is 0 Å². The molecule has 0 amide bonds. The molecule has 9 fully saturated rings. The van der Waals surface area contributed by atoms with Crippen molar-refractivity contribution in [1.29, 1.82) is 0 Å². The van der Waals surface area contributed by atoms with Gasteiger partial charge < -0.3 is 0 Å². The Bertz CT molecular complexity index is 2310. The predicted molar refractivity (Wildman–Crippen MR) is 394 cm³/mol. The zero-order chi connectivity index (χ0) is 85.8. The van der Waals surface area contributed by atoms with Gasteiger partial charge in [-0.05, 0) is 221 Å². The third kappa shape index (κ3) is 36.2. The molecule has 0 aromatic heterocycles. The van der Waals surface area contributed by atoms with Crippen LogP contribution in [0.3, 0.4) is 0 Å². The lowest BCUT2D eigenvalue weighted by atomic mass is 9.57. The average Bonchev–Trinajstić information content (AvgIpc) is 0.745. The van der Waals surface area contributed by atoms with Crippen molar-refractivity contribution in [3.8, 4) is 0 Å². The first-order chi connectivity index (χ1) is 47.9. The molecular formula is C84H148F24. The second-order valence-electron chi connectivity index (χ2n) is 40.0. The fraction of sp³-hybridized carbons (Fsp3) is 1.00. The number of hydrogen-bond donors (Lipinski definition) is 0. The lowest BCUT2D eigenvalue weighted by Gasteiger charge is -2.49. The molecule has 24 heteroatoms. The SMILES string of the molecule is CC(C)(C)C.CC(C)C(C)(C)C.CC1CCC(C(F)(F)F)(C(F)(F)F)CC1.CC1CCC(C(F)(F)F)CC1.CC1CCC2(CC1)CCC(C(F)(F)F)(C(F)(F)F)CC2.CC1CCCC(C(F)(F)F)[C@@H]1C.CCC(C)(C)C.CCCC(C)(C)C.C[C@@H]1CCCCC1(C(F)(F)F)C(F)(F)F.C[C@H]1CC2CCC1(C)CC2. The van der Waals surface area contributed by atoms with Crippen molar-refractivity contribution < 1.29 is 105 Å². The topological polar surface area (TPSA) is 0 Å². The number of alkyl halides is 24. The molecule has 0 aromatic rings. The molecule has 9 saturated carbocycles. The fourth-order valence-electron chi connectivity index (χ4n) is 15.4. The molecule has 0 aliphatic heterocycles. The largest absolute Gasteiger partial charge is 0.403 e. The molecule has 1 spiro atoms. The van der Waals surface area contributed by atoms with Gasteiger partial charge in [0, 0.05) is 0 Å². The fourth-order valence-corrected chi connectivity index (χ4v) is 15.4. The minimum Gasteiger partial charge on any atom is -0.171 e. The molecule has 9 rings (SSSR count). The smallest absolute Gasteiger partial charge is 0.171 e. The number of rotatable bonds is 1. The van der Waals surface area contributed by atoms with Gasteiger partial charge in [-0.1, -0.05) is 237 Å². The third-order valence-corrected chi connectivity index (χ3v) is 25.6. The summed E-state index contributed by atoms with van der Waals surface area (Å²) >= 11 is 0. The monoisotopic (exact) mass is 1610 g/mol. The van der Waals surface area contributed by atoms with Crippen LogP contribution in [0.4, 0.5) is 105 Å². The highest BCUT2D eigenvalue weighted by atomic mass is 19.4. The highest BCUT2D eigenvalue weighted by Gasteiger charge is 2.74. The van der Waals surface area contributed by atoms with Crippen LogP contribution in [0, 0.1) is 114 Å². The Labute approximate surface area is 638 Å². The summed E-state index contributed by atoms with van der Waals surface area (Å²) in [6, 6.07) is 0. The van der Waals surface area contributed by atoms with Crippen LogP contribution in [-0.4, -0.2) is 49.4 Å². The van der Waals surface area contributed by atoms with E-state index in [-0.39, 0.29) is 61.7 Å². The van der Waals surface area contributed by atoms with Crippen LogP contribution in [0.25, 0.3) is 0 Å². The van der Waals surface area contributed by atoms with E-state index in [2.05, 4.69) is 138 Å². The van der Waals surface area contributed by atoms with E-state index in [9.17, 15) is 105 Å². The molecule has 2 unspecified atom stereocenters. The zero-order valence-electron chi connectivity index (χ0n) is 70.8. The molecule has 0 N–H and O–H groups in total. The first kappa shape index (κ1) is 108. The van der Waals surface area contributed by atoms with Crippen molar-refractivity contribution in [2.24, 2.45) is 114 Å². The van der Waals surface area contributed by atoms with Gasteiger partial charge >= 0.3 is 49.4 Å². The van der Waals surface area contributed by atoms with Crippen LogP contribution < -0.4 is 0 Å². The number of hydrogen-bond acceptors (Lipinski definition) is 0. The molecule has 0 heterocycles. The minimum atomic E-state index is -5.20. The van der Waals surface area contributed by atoms with E-state index >= 15 is 0 Å². The molecule has 652 valence electrons. The summed E-state index contributed by atoms with van der Waals surface area (Å²) in [5.41, 5.74) is -7.87. The molecule has 0 nitrogen and oxygen atoms in total. The first-order valence-corrected chi connectivity index (χ1v) is 40.5. The summed E-state index contributed by atoms with van der Waals surface area (Å²) in [5.74, 6) is 0.480. The van der Waals surface area contributed by atoms with E-state index in [0.717, 1.165) is 81.5 Å². The molecule has 0 aromatic carbocycles. The van der Waals surface area contributed by atoms with Gasteiger partial charge in [-0.15, -0.1) is 0 Å². The second kappa shape index (κ2) is 42.4. The predicted octanol–water partition coefficient (Wildman–Crippen LogP) is 34.7. The Morgan fingerprint density at radius 1 is 0.352 bits per heavy atom. The molecule has 0 radical (unpaired) electrons. The van der Waals surface area contributed by atoms with E-state index in [1.54, 1.807) is 13.8 Å². The van der Waals surface area contributed by atoms with Crippen molar-refractivity contribution in [3.63, 3.8) is 0 Å². The van der Waals surface area contributed by atoms with Crippen LogP contribution >= 0.6 is 0 Å². The maximum Gasteiger partial charge on any atom is 0.403 e. The second-order valence-corrected chi connectivity index (χ2v) is 40.0. The molecule has 9 aliphatic carbocycles. The highest BCUT2D eigenvalue weighted by Crippen LogP contribution is 2.65. The lowest BCUT2D eigenvalue weighted by Crippen LogP contribution is -2.55. The van der Waals surface area contributed by atoms with E-state index in [1.165, 1.54) is 51.4 Å². The van der Waals surface area contributed by atoms with E-state index in [0.29, 0.717) is 59.2 Å². The van der Waals surface area contributed by atoms with Crippen LogP contribution in [0.15, 0.2) is 0 Å². The lowest BCUT2D eigenvalue weighted by molar-refractivity contribution is -0.364. The Balaban J connectivity index is 0. The van der Waals surface area contributed by atoms with Crippen molar-refractivity contribution in [1.82, 2.24) is 0 Å². The number of halogens is 24. The molecular weight excluding hydrogens is 1460 g/mol. The van der Waals surface area contributed by atoms with Gasteiger partial charge in [0.15, 0.2) is 16.2 Å². The molecule has 5 atom stereocenters. The van der Waals surface area contributed by atoms with Crippen LogP contribution in [0.5, 0.6) is 0 Å². The van der Waals surface area contributed by atoms with Gasteiger partial charge in [0.05, 0.1) is 11.8 Å². The summed E-state index contributed by atoms with van der Waals surface area (Å²) in [6.07, 6.45) is -23.6. The minimum absolute atomic E-state index is 0.0106. The molecule has 0 saturated heterocycles. The van der Waals surface area contributed by atoms with Gasteiger partial charge in [-0.2, -0.15) is 105 Å². The molecule has 2 bridgehead atoms. The van der Waals surface area contributed by atoms with Crippen molar-refractivity contribution in [3.05, 3.63) is 0 Å². The molecule has 108 heavy (non-hydrogen) atoms. The summed E-state index contributed by atoms with van der Waals surface area (Å²) in [4.78, 5) is 0. The van der Waals surface area contributed by atoms with Crippen LogP contribution in [0.1, 0.15) is 372 Å². The van der Waals surface area contributed by atoms with Crippen LogP contribution in [0.2, 0.25) is 0 Å². The van der Waals surface area contributed by atoms with Gasteiger partial charge in [-0.3, -0.25) is 0 Å². The zero-order valence-corrected chi connectivity index (χ0v) is 70.8. The highest BCUT2D eigenvalue weighted by molar-refractivity contribution is 5.03. The summed E-state index contributed by atoms with van der Waals surface area (Å²) in [7, 11) is 0. The van der Waals surface area contributed by atoms with Crippen molar-refractivity contribution in [2.75, 3.05) is 0 Å². The van der Waals surface area contributed by atoms with Gasteiger partial charge in [0.2, 0.25) is 0 Å². The summed E-state index contributed by atoms with van der Waals surface area (Å²) < 4.78 is 302. The molecule has 9 aliphatic rings. The summed E-state index contributed by atoms with van der Waals surface area (Å²) in [5, 5.41) is 0. The Kier molecular flexibility index (Phi) is 42.6. The normalized spacial score (nSPS) is 27.8.